The first-order valence-electron chi connectivity index (χ1n) is 6.43. The molecule has 0 unspecified atom stereocenters. The van der Waals surface area contributed by atoms with Crippen molar-refractivity contribution in [2.45, 2.75) is 34.6 Å². The van der Waals surface area contributed by atoms with E-state index in [0.29, 0.717) is 0 Å². The largest absolute Gasteiger partial charge is 4.00 e. The predicted octanol–water partition coefficient (Wildman–Crippen LogP) is 1.81. The quantitative estimate of drug-likeness (QED) is 0.603. The van der Waals surface area contributed by atoms with Gasteiger partial charge in [-0.2, -0.15) is 70.1 Å². The van der Waals surface area contributed by atoms with E-state index < -0.39 is 0 Å². The maximum Gasteiger partial charge on any atom is 4.00 e. The summed E-state index contributed by atoms with van der Waals surface area (Å²) >= 11 is 0. The molecular formula is C16H33ClN3Zr-. The number of hydrogen-bond donors (Lipinski definition) is 0. The number of halogens is 1. The van der Waals surface area contributed by atoms with Crippen LogP contribution in [0.4, 0.5) is 0 Å². The molecule has 0 radical (unpaired) electrons. The summed E-state index contributed by atoms with van der Waals surface area (Å²) in [4.78, 5) is 0. The summed E-state index contributed by atoms with van der Waals surface area (Å²) in [6.07, 6.45) is 0. The van der Waals surface area contributed by atoms with Crippen LogP contribution in [0.5, 0.6) is 0 Å². The third-order valence-corrected chi connectivity index (χ3v) is 2.81. The van der Waals surface area contributed by atoms with Gasteiger partial charge in [-0.05, 0) is 0 Å². The van der Waals surface area contributed by atoms with Gasteiger partial charge in [-0.15, -0.1) is 0 Å². The molecule has 0 fully saturated rings. The monoisotopic (exact) mass is 392 g/mol. The summed E-state index contributed by atoms with van der Waals surface area (Å²) in [5.74, 6) is 0. The molecule has 0 heterocycles. The van der Waals surface area contributed by atoms with Crippen molar-refractivity contribution in [1.29, 1.82) is 0 Å². The van der Waals surface area contributed by atoms with Crippen molar-refractivity contribution in [3.8, 4) is 0 Å². The molecule has 0 bridgehead atoms. The topological polar surface area (TPSA) is 42.3 Å². The van der Waals surface area contributed by atoms with Crippen LogP contribution < -0.4 is 12.4 Å². The molecule has 0 aliphatic heterocycles. The fourth-order valence-corrected chi connectivity index (χ4v) is 1.41. The van der Waals surface area contributed by atoms with Crippen molar-refractivity contribution in [3.63, 3.8) is 0 Å². The van der Waals surface area contributed by atoms with E-state index in [1.165, 1.54) is 27.8 Å². The van der Waals surface area contributed by atoms with Crippen molar-refractivity contribution >= 4 is 0 Å². The van der Waals surface area contributed by atoms with E-state index in [0.717, 1.165) is 0 Å². The van der Waals surface area contributed by atoms with Crippen molar-refractivity contribution in [1.82, 2.24) is 0 Å². The molecule has 1 rings (SSSR count). The number of nitrogens with zero attached hydrogens (tertiary/aromatic N) is 3. The van der Waals surface area contributed by atoms with Gasteiger partial charge >= 0.3 is 26.2 Å². The van der Waals surface area contributed by atoms with Gasteiger partial charge in [0.15, 0.2) is 0 Å². The first-order chi connectivity index (χ1) is 8.80. The SMILES string of the molecule is C[N-]C.C[N-]C.C[N-]C.Cc1c(C)c(C)[c-](C)c1C.[Cl-].[Zr+4]. The zero-order valence-corrected chi connectivity index (χ0v) is 18.9. The van der Waals surface area contributed by atoms with Gasteiger partial charge in [-0.1, -0.05) is 34.6 Å². The summed E-state index contributed by atoms with van der Waals surface area (Å²) in [6, 6.07) is 0. The molecule has 0 saturated heterocycles. The molecule has 3 nitrogen and oxygen atoms in total. The van der Waals surface area contributed by atoms with Crippen LogP contribution in [-0.2, 0) is 26.2 Å². The van der Waals surface area contributed by atoms with E-state index in [-0.39, 0.29) is 38.6 Å². The van der Waals surface area contributed by atoms with Gasteiger partial charge < -0.3 is 28.4 Å². The average molecular weight is 394 g/mol. The van der Waals surface area contributed by atoms with Crippen LogP contribution in [-0.4, -0.2) is 42.3 Å². The molecule has 0 N–H and O–H groups in total. The summed E-state index contributed by atoms with van der Waals surface area (Å²) in [7, 11) is 10.5. The normalized spacial score (nSPS) is 7.57. The van der Waals surface area contributed by atoms with Crippen LogP contribution in [0.15, 0.2) is 0 Å². The predicted molar refractivity (Wildman–Crippen MR) is 91.3 cm³/mol. The van der Waals surface area contributed by atoms with Crippen molar-refractivity contribution in [2.24, 2.45) is 0 Å². The maximum absolute atomic E-state index is 3.50. The molecule has 0 aromatic heterocycles. The van der Waals surface area contributed by atoms with Gasteiger partial charge in [-0.25, -0.2) is 0 Å². The molecule has 5 heteroatoms. The van der Waals surface area contributed by atoms with Gasteiger partial charge in [0, 0.05) is 0 Å². The number of rotatable bonds is 0. The zero-order chi connectivity index (χ0) is 16.0. The van der Waals surface area contributed by atoms with Gasteiger partial charge in [0.25, 0.3) is 0 Å². The van der Waals surface area contributed by atoms with Crippen molar-refractivity contribution < 1.29 is 38.6 Å². The summed E-state index contributed by atoms with van der Waals surface area (Å²) in [5.41, 5.74) is 7.34. The molecule has 0 spiro atoms. The Morgan fingerprint density at radius 3 is 0.810 bits per heavy atom. The molecule has 1 aromatic carbocycles. The van der Waals surface area contributed by atoms with Crippen molar-refractivity contribution in [3.05, 3.63) is 43.8 Å². The van der Waals surface area contributed by atoms with Crippen LogP contribution in [0, 0.1) is 34.6 Å². The van der Waals surface area contributed by atoms with E-state index in [4.69, 9.17) is 0 Å². The second-order valence-electron chi connectivity index (χ2n) is 4.47. The van der Waals surface area contributed by atoms with Crippen LogP contribution in [0.3, 0.4) is 0 Å². The Hall–Kier alpha value is 0.403. The molecule has 21 heavy (non-hydrogen) atoms. The van der Waals surface area contributed by atoms with Gasteiger partial charge in [-0.3, -0.25) is 0 Å². The third kappa shape index (κ3) is 16.6. The Labute approximate surface area is 159 Å². The third-order valence-electron chi connectivity index (χ3n) is 2.81. The van der Waals surface area contributed by atoms with Crippen molar-refractivity contribution in [2.75, 3.05) is 42.3 Å². The molecule has 0 aliphatic carbocycles. The van der Waals surface area contributed by atoms with E-state index in [9.17, 15) is 0 Å². The van der Waals surface area contributed by atoms with Crippen LogP contribution in [0.1, 0.15) is 27.8 Å². The van der Waals surface area contributed by atoms with Gasteiger partial charge in [0.05, 0.1) is 0 Å². The van der Waals surface area contributed by atoms with E-state index in [1.54, 1.807) is 42.3 Å². The minimum Gasteiger partial charge on any atom is -1.00 e. The minimum atomic E-state index is 0. The van der Waals surface area contributed by atoms with Gasteiger partial charge in [0.2, 0.25) is 0 Å². The summed E-state index contributed by atoms with van der Waals surface area (Å²) < 4.78 is 0. The number of hydrogen-bond acceptors (Lipinski definition) is 0. The van der Waals surface area contributed by atoms with E-state index >= 15 is 0 Å². The minimum absolute atomic E-state index is 0. The zero-order valence-electron chi connectivity index (χ0n) is 15.7. The fraction of sp³-hybridized carbons (Fsp3) is 0.688. The summed E-state index contributed by atoms with van der Waals surface area (Å²) in [5, 5.41) is 10.5. The van der Waals surface area contributed by atoms with Crippen LogP contribution in [0.2, 0.25) is 0 Å². The standard InChI is InChI=1S/C10H15.3C2H6N.ClH.Zr/c1-6-7(2)9(4)10(5)8(6)3;3*1-3-2;;/h1-5H3;3*1-2H3;1H;/q4*-1;;+4/p-1. The second kappa shape index (κ2) is 22.7. The van der Waals surface area contributed by atoms with Gasteiger partial charge in [0.1, 0.15) is 0 Å². The first-order valence-corrected chi connectivity index (χ1v) is 6.43. The summed E-state index contributed by atoms with van der Waals surface area (Å²) in [6.45, 7) is 11.0. The average Bonchev–Trinajstić information content (AvgIpc) is 2.51. The Bertz CT molecular complexity index is 228. The molecule has 0 amide bonds. The molecule has 0 aliphatic rings. The second-order valence-corrected chi connectivity index (χ2v) is 4.47. The maximum atomic E-state index is 3.50. The van der Waals surface area contributed by atoms with E-state index in [2.05, 4.69) is 50.6 Å². The first kappa shape index (κ1) is 33.1. The Morgan fingerprint density at radius 2 is 0.762 bits per heavy atom. The smallest absolute Gasteiger partial charge is 1.00 e. The Balaban J connectivity index is -0.0000000663. The molecule has 124 valence electrons. The van der Waals surface area contributed by atoms with E-state index in [1.807, 2.05) is 0 Å². The van der Waals surface area contributed by atoms with Crippen LogP contribution >= 0.6 is 0 Å². The molecule has 1 aromatic rings. The van der Waals surface area contributed by atoms with Crippen LogP contribution in [0.25, 0.3) is 16.0 Å². The molecule has 0 saturated carbocycles. The Morgan fingerprint density at radius 1 is 0.619 bits per heavy atom. The Kier molecular flexibility index (Phi) is 35.8. The molecular weight excluding hydrogens is 361 g/mol. The fourth-order valence-electron chi connectivity index (χ4n) is 1.41. The molecule has 0 atom stereocenters.